The summed E-state index contributed by atoms with van der Waals surface area (Å²) in [5, 5.41) is 19.5. The van der Waals surface area contributed by atoms with Crippen LogP contribution in [0.2, 0.25) is 0 Å². The topological polar surface area (TPSA) is 113 Å². The number of thioether (sulfide) groups is 1. The fraction of sp³-hybridized carbons (Fsp3) is 0.733. The van der Waals surface area contributed by atoms with Crippen LogP contribution in [0.4, 0.5) is 0 Å². The van der Waals surface area contributed by atoms with Gasteiger partial charge < -0.3 is 25.6 Å². The SMILES string of the molecule is C[C@H]1C(SC2COC(CN)C2)=C(C(=O)O)N2C(=O)[C@H]([C@@H](C)O)C12. The van der Waals surface area contributed by atoms with Crippen molar-refractivity contribution in [1.82, 2.24) is 4.90 Å². The van der Waals surface area contributed by atoms with Gasteiger partial charge in [-0.15, -0.1) is 11.8 Å². The number of aliphatic hydroxyl groups excluding tert-OH is 1. The number of carbonyl (C=O) groups is 2. The minimum atomic E-state index is -1.09. The zero-order valence-electron chi connectivity index (χ0n) is 13.1. The zero-order valence-corrected chi connectivity index (χ0v) is 14.0. The molecule has 0 radical (unpaired) electrons. The van der Waals surface area contributed by atoms with Gasteiger partial charge in [0.1, 0.15) is 5.70 Å². The highest BCUT2D eigenvalue weighted by Gasteiger charge is 2.60. The molecule has 0 aromatic carbocycles. The van der Waals surface area contributed by atoms with Gasteiger partial charge in [0.15, 0.2) is 0 Å². The summed E-state index contributed by atoms with van der Waals surface area (Å²) in [4.78, 5) is 26.0. The van der Waals surface area contributed by atoms with Crippen molar-refractivity contribution in [2.75, 3.05) is 13.2 Å². The summed E-state index contributed by atoms with van der Waals surface area (Å²) in [6.07, 6.45) is 0.0203. The Bertz CT molecular complexity index is 564. The summed E-state index contributed by atoms with van der Waals surface area (Å²) in [5.74, 6) is -2.00. The Morgan fingerprint density at radius 2 is 2.26 bits per heavy atom. The fourth-order valence-corrected chi connectivity index (χ4v) is 5.25. The lowest BCUT2D eigenvalue weighted by Crippen LogP contribution is -2.63. The maximum absolute atomic E-state index is 12.2. The Kier molecular flexibility index (Phi) is 4.43. The first-order valence-electron chi connectivity index (χ1n) is 7.83. The van der Waals surface area contributed by atoms with Crippen LogP contribution in [-0.4, -0.2) is 63.6 Å². The average molecular weight is 342 g/mol. The van der Waals surface area contributed by atoms with E-state index in [-0.39, 0.29) is 34.9 Å². The van der Waals surface area contributed by atoms with Crippen LogP contribution in [-0.2, 0) is 14.3 Å². The number of β-lactam (4-membered cyclic amide) rings is 1. The quantitative estimate of drug-likeness (QED) is 0.602. The van der Waals surface area contributed by atoms with E-state index >= 15 is 0 Å². The minimum Gasteiger partial charge on any atom is -0.477 e. The van der Waals surface area contributed by atoms with E-state index in [9.17, 15) is 19.8 Å². The number of carboxylic acids is 1. The highest BCUT2D eigenvalue weighted by Crippen LogP contribution is 2.51. The molecule has 0 saturated carbocycles. The molecule has 7 nitrogen and oxygen atoms in total. The summed E-state index contributed by atoms with van der Waals surface area (Å²) in [7, 11) is 0. The van der Waals surface area contributed by atoms with Crippen LogP contribution in [0.25, 0.3) is 0 Å². The zero-order chi connectivity index (χ0) is 16.9. The molecule has 3 heterocycles. The van der Waals surface area contributed by atoms with Crippen molar-refractivity contribution in [2.45, 2.75) is 43.8 Å². The second-order valence-electron chi connectivity index (χ2n) is 6.44. The van der Waals surface area contributed by atoms with Gasteiger partial charge in [-0.25, -0.2) is 4.79 Å². The Labute approximate surface area is 138 Å². The molecule has 2 saturated heterocycles. The van der Waals surface area contributed by atoms with Crippen LogP contribution in [0, 0.1) is 11.8 Å². The third-order valence-corrected chi connectivity index (χ3v) is 6.39. The van der Waals surface area contributed by atoms with Crippen LogP contribution >= 0.6 is 11.8 Å². The molecule has 0 aromatic heterocycles. The Morgan fingerprint density at radius 1 is 1.57 bits per heavy atom. The van der Waals surface area contributed by atoms with Gasteiger partial charge in [0.2, 0.25) is 5.91 Å². The summed E-state index contributed by atoms with van der Waals surface area (Å²) < 4.78 is 5.57. The van der Waals surface area contributed by atoms with E-state index in [0.29, 0.717) is 18.1 Å². The Balaban J connectivity index is 1.83. The number of aliphatic carboxylic acids is 1. The molecule has 0 aliphatic carbocycles. The summed E-state index contributed by atoms with van der Waals surface area (Å²) in [6, 6.07) is -0.260. The lowest BCUT2D eigenvalue weighted by atomic mass is 9.79. The Hall–Kier alpha value is -1.09. The number of ether oxygens (including phenoxy) is 1. The van der Waals surface area contributed by atoms with Gasteiger partial charge in [-0.3, -0.25) is 4.79 Å². The molecule has 6 atom stereocenters. The molecule has 0 aromatic rings. The maximum Gasteiger partial charge on any atom is 0.353 e. The van der Waals surface area contributed by atoms with Gasteiger partial charge in [0.25, 0.3) is 0 Å². The van der Waals surface area contributed by atoms with Crippen LogP contribution in [0.1, 0.15) is 20.3 Å². The number of rotatable bonds is 5. The molecule has 0 bridgehead atoms. The highest BCUT2D eigenvalue weighted by atomic mass is 32.2. The minimum absolute atomic E-state index is 0.0157. The van der Waals surface area contributed by atoms with E-state index in [4.69, 9.17) is 10.5 Å². The lowest BCUT2D eigenvalue weighted by molar-refractivity contribution is -0.163. The van der Waals surface area contributed by atoms with E-state index < -0.39 is 18.0 Å². The molecule has 4 N–H and O–H groups in total. The maximum atomic E-state index is 12.2. The van der Waals surface area contributed by atoms with Crippen molar-refractivity contribution < 1.29 is 24.5 Å². The molecule has 1 amide bonds. The molecule has 3 unspecified atom stereocenters. The molecule has 3 aliphatic rings. The van der Waals surface area contributed by atoms with Crippen molar-refractivity contribution in [3.8, 4) is 0 Å². The third kappa shape index (κ3) is 2.57. The molecule has 3 rings (SSSR count). The largest absolute Gasteiger partial charge is 0.477 e. The van der Waals surface area contributed by atoms with Crippen molar-refractivity contribution in [1.29, 1.82) is 0 Å². The molecule has 0 spiro atoms. The number of fused-ring (bicyclic) bond motifs is 1. The number of carboxylic acid groups (broad SMARTS) is 1. The third-order valence-electron chi connectivity index (χ3n) is 4.91. The first-order valence-corrected chi connectivity index (χ1v) is 8.71. The summed E-state index contributed by atoms with van der Waals surface area (Å²) >= 11 is 1.48. The van der Waals surface area contributed by atoms with Crippen LogP contribution < -0.4 is 5.73 Å². The van der Waals surface area contributed by atoms with Crippen molar-refractivity contribution >= 4 is 23.6 Å². The number of nitrogens with zero attached hydrogens (tertiary/aromatic N) is 1. The smallest absolute Gasteiger partial charge is 0.353 e. The van der Waals surface area contributed by atoms with E-state index in [1.165, 1.54) is 16.7 Å². The van der Waals surface area contributed by atoms with Crippen molar-refractivity contribution in [3.05, 3.63) is 10.6 Å². The molecule has 3 aliphatic heterocycles. The predicted octanol–water partition coefficient (Wildman–Crippen LogP) is -0.0105. The standard InChI is InChI=1S/C15H22N2O5S/c1-6-11-10(7(2)18)14(19)17(11)12(15(20)21)13(6)23-9-3-8(4-16)22-5-9/h6-11,18H,3-5,16H2,1-2H3,(H,20,21)/t6-,7-,8?,9?,10-,11?/m1/s1. The summed E-state index contributed by atoms with van der Waals surface area (Å²) in [6.45, 7) is 4.49. The van der Waals surface area contributed by atoms with E-state index in [2.05, 4.69) is 0 Å². The number of hydrogen-bond acceptors (Lipinski definition) is 6. The second-order valence-corrected chi connectivity index (χ2v) is 7.78. The first kappa shape index (κ1) is 16.8. The van der Waals surface area contributed by atoms with Gasteiger partial charge in [-0.2, -0.15) is 0 Å². The molecular formula is C15H22N2O5S. The number of amides is 1. The number of carbonyl (C=O) groups excluding carboxylic acids is 1. The average Bonchev–Trinajstić information content (AvgIpc) is 3.02. The van der Waals surface area contributed by atoms with Gasteiger partial charge in [-0.05, 0) is 13.3 Å². The van der Waals surface area contributed by atoms with E-state index in [0.717, 1.165) is 6.42 Å². The second kappa shape index (κ2) is 6.08. The fourth-order valence-electron chi connectivity index (χ4n) is 3.78. The number of hydrogen-bond donors (Lipinski definition) is 3. The monoisotopic (exact) mass is 342 g/mol. The molecular weight excluding hydrogens is 320 g/mol. The van der Waals surface area contributed by atoms with Crippen molar-refractivity contribution in [3.63, 3.8) is 0 Å². The predicted molar refractivity (Wildman–Crippen MR) is 84.4 cm³/mol. The van der Waals surface area contributed by atoms with Crippen molar-refractivity contribution in [2.24, 2.45) is 17.6 Å². The molecule has 128 valence electrons. The van der Waals surface area contributed by atoms with Gasteiger partial charge in [0, 0.05) is 22.6 Å². The normalized spacial score (nSPS) is 37.8. The van der Waals surface area contributed by atoms with Gasteiger partial charge in [0.05, 0.1) is 30.8 Å². The highest BCUT2D eigenvalue weighted by molar-refractivity contribution is 8.03. The van der Waals surface area contributed by atoms with Crippen LogP contribution in [0.3, 0.4) is 0 Å². The molecule has 2 fully saturated rings. The number of nitrogens with two attached hydrogens (primary N) is 1. The Morgan fingerprint density at radius 3 is 2.78 bits per heavy atom. The molecule has 8 heteroatoms. The molecule has 23 heavy (non-hydrogen) atoms. The first-order chi connectivity index (χ1) is 10.9. The van der Waals surface area contributed by atoms with Crippen LogP contribution in [0.15, 0.2) is 10.6 Å². The van der Waals surface area contributed by atoms with Gasteiger partial charge >= 0.3 is 5.97 Å². The van der Waals surface area contributed by atoms with E-state index in [1.54, 1.807) is 6.92 Å². The number of aliphatic hydroxyl groups is 1. The lowest BCUT2D eigenvalue weighted by Gasteiger charge is -2.46. The van der Waals surface area contributed by atoms with Crippen LogP contribution in [0.5, 0.6) is 0 Å². The van der Waals surface area contributed by atoms with Gasteiger partial charge in [-0.1, -0.05) is 6.92 Å². The summed E-state index contributed by atoms with van der Waals surface area (Å²) in [5.41, 5.74) is 5.68. The van der Waals surface area contributed by atoms with E-state index in [1.807, 2.05) is 6.92 Å².